The van der Waals surface area contributed by atoms with E-state index in [1.54, 1.807) is 17.0 Å². The summed E-state index contributed by atoms with van der Waals surface area (Å²) in [6.45, 7) is 3.95. The molecule has 1 aliphatic heterocycles. The zero-order valence-electron chi connectivity index (χ0n) is 14.9. The van der Waals surface area contributed by atoms with Gasteiger partial charge in [0.2, 0.25) is 0 Å². The largest absolute Gasteiger partial charge is 0.484 e. The molecule has 0 aliphatic carbocycles. The van der Waals surface area contributed by atoms with E-state index >= 15 is 0 Å². The number of carbonyl (C=O) groups excluding carboxylic acids is 1. The van der Waals surface area contributed by atoms with Crippen LogP contribution in [0.5, 0.6) is 5.75 Å². The molecule has 27 heavy (non-hydrogen) atoms. The lowest BCUT2D eigenvalue weighted by Crippen LogP contribution is -2.50. The highest BCUT2D eigenvalue weighted by atomic mass is 35.5. The Bertz CT molecular complexity index is 833. The van der Waals surface area contributed by atoms with Crippen molar-refractivity contribution in [3.63, 3.8) is 0 Å². The third-order valence-corrected chi connectivity index (χ3v) is 4.73. The van der Waals surface area contributed by atoms with Crippen LogP contribution in [-0.2, 0) is 4.79 Å². The molecule has 1 heterocycles. The van der Waals surface area contributed by atoms with E-state index < -0.39 is 4.92 Å². The number of anilines is 1. The van der Waals surface area contributed by atoms with Gasteiger partial charge in [0.05, 0.1) is 4.92 Å². The third-order valence-electron chi connectivity index (χ3n) is 4.49. The minimum Gasteiger partial charge on any atom is -0.484 e. The van der Waals surface area contributed by atoms with Gasteiger partial charge < -0.3 is 14.5 Å². The van der Waals surface area contributed by atoms with Gasteiger partial charge in [0.1, 0.15) is 11.4 Å². The van der Waals surface area contributed by atoms with Gasteiger partial charge in [-0.05, 0) is 31.2 Å². The van der Waals surface area contributed by atoms with Crippen molar-refractivity contribution in [1.29, 1.82) is 0 Å². The molecule has 1 aliphatic rings. The van der Waals surface area contributed by atoms with Crippen molar-refractivity contribution in [2.45, 2.75) is 6.92 Å². The summed E-state index contributed by atoms with van der Waals surface area (Å²) in [7, 11) is 0. The minimum absolute atomic E-state index is 0.0232. The summed E-state index contributed by atoms with van der Waals surface area (Å²) in [6.07, 6.45) is 0. The minimum atomic E-state index is -0.436. The zero-order chi connectivity index (χ0) is 19.4. The van der Waals surface area contributed by atoms with Crippen LogP contribution in [0.4, 0.5) is 11.4 Å². The van der Waals surface area contributed by atoms with Gasteiger partial charge in [0.15, 0.2) is 6.61 Å². The molecule has 0 unspecified atom stereocenters. The van der Waals surface area contributed by atoms with E-state index in [-0.39, 0.29) is 18.2 Å². The maximum absolute atomic E-state index is 12.4. The number of nitro groups is 1. The Balaban J connectivity index is 1.56. The number of nitrogens with zero attached hydrogens (tertiary/aromatic N) is 3. The van der Waals surface area contributed by atoms with Crippen LogP contribution in [0.2, 0.25) is 5.02 Å². The number of rotatable bonds is 5. The van der Waals surface area contributed by atoms with E-state index in [1.165, 1.54) is 6.07 Å². The van der Waals surface area contributed by atoms with E-state index in [9.17, 15) is 14.9 Å². The van der Waals surface area contributed by atoms with Crippen molar-refractivity contribution in [3.05, 3.63) is 63.2 Å². The number of nitro benzene ring substituents is 1. The van der Waals surface area contributed by atoms with Crippen LogP contribution in [0.25, 0.3) is 0 Å². The summed E-state index contributed by atoms with van der Waals surface area (Å²) in [6, 6.07) is 12.2. The Morgan fingerprint density at radius 2 is 1.81 bits per heavy atom. The molecular weight excluding hydrogens is 370 g/mol. The monoisotopic (exact) mass is 389 g/mol. The van der Waals surface area contributed by atoms with Gasteiger partial charge in [-0.25, -0.2) is 0 Å². The van der Waals surface area contributed by atoms with E-state index in [2.05, 4.69) is 0 Å². The topological polar surface area (TPSA) is 75.9 Å². The third kappa shape index (κ3) is 4.68. The van der Waals surface area contributed by atoms with Gasteiger partial charge in [-0.3, -0.25) is 14.9 Å². The van der Waals surface area contributed by atoms with Crippen LogP contribution in [-0.4, -0.2) is 48.5 Å². The highest BCUT2D eigenvalue weighted by Gasteiger charge is 2.26. The number of hydrogen-bond donors (Lipinski definition) is 0. The van der Waals surface area contributed by atoms with Crippen molar-refractivity contribution < 1.29 is 14.5 Å². The predicted octanol–water partition coefficient (Wildman–Crippen LogP) is 3.28. The van der Waals surface area contributed by atoms with Gasteiger partial charge in [-0.15, -0.1) is 0 Å². The lowest BCUT2D eigenvalue weighted by Gasteiger charge is -2.35. The van der Waals surface area contributed by atoms with E-state index in [4.69, 9.17) is 16.3 Å². The van der Waals surface area contributed by atoms with Gasteiger partial charge in [0.25, 0.3) is 11.6 Å². The summed E-state index contributed by atoms with van der Waals surface area (Å²) in [5.74, 6) is 0.560. The lowest BCUT2D eigenvalue weighted by molar-refractivity contribution is -0.384. The molecule has 1 amide bonds. The number of benzene rings is 2. The van der Waals surface area contributed by atoms with Crippen LogP contribution >= 0.6 is 11.6 Å². The second-order valence-electron chi connectivity index (χ2n) is 6.36. The Morgan fingerprint density at radius 1 is 1.15 bits per heavy atom. The first-order chi connectivity index (χ1) is 12.9. The maximum Gasteiger partial charge on any atom is 0.294 e. The van der Waals surface area contributed by atoms with Crippen molar-refractivity contribution in [3.8, 4) is 5.75 Å². The predicted molar refractivity (Wildman–Crippen MR) is 104 cm³/mol. The average Bonchev–Trinajstić information content (AvgIpc) is 2.67. The quantitative estimate of drug-likeness (QED) is 0.579. The fraction of sp³-hybridized carbons (Fsp3) is 0.316. The van der Waals surface area contributed by atoms with E-state index in [0.29, 0.717) is 42.6 Å². The average molecular weight is 390 g/mol. The normalized spacial score (nSPS) is 14.1. The molecule has 7 nitrogen and oxygen atoms in total. The first-order valence-electron chi connectivity index (χ1n) is 8.60. The van der Waals surface area contributed by atoms with Crippen LogP contribution < -0.4 is 9.64 Å². The Labute approximate surface area is 162 Å². The van der Waals surface area contributed by atoms with Crippen LogP contribution in [0, 0.1) is 17.0 Å². The highest BCUT2D eigenvalue weighted by molar-refractivity contribution is 6.30. The Morgan fingerprint density at radius 3 is 2.44 bits per heavy atom. The Hall–Kier alpha value is -2.80. The fourth-order valence-electron chi connectivity index (χ4n) is 2.98. The molecule has 1 saturated heterocycles. The first kappa shape index (κ1) is 19.0. The van der Waals surface area contributed by atoms with Crippen molar-refractivity contribution in [1.82, 2.24) is 4.90 Å². The van der Waals surface area contributed by atoms with Crippen LogP contribution in [0.15, 0.2) is 42.5 Å². The molecular formula is C19H20ClN3O4. The Kier molecular flexibility index (Phi) is 5.81. The molecule has 8 heteroatoms. The lowest BCUT2D eigenvalue weighted by atomic mass is 10.2. The molecule has 1 fully saturated rings. The molecule has 142 valence electrons. The molecule has 0 atom stereocenters. The molecule has 0 spiro atoms. The smallest absolute Gasteiger partial charge is 0.294 e. The number of halogens is 1. The van der Waals surface area contributed by atoms with Crippen molar-refractivity contribution in [2.75, 3.05) is 37.7 Å². The van der Waals surface area contributed by atoms with Crippen molar-refractivity contribution in [2.24, 2.45) is 0 Å². The number of aryl methyl sites for hydroxylation is 1. The molecule has 0 bridgehead atoms. The molecule has 2 aromatic rings. The number of amides is 1. The molecule has 3 rings (SSSR count). The number of piperazine rings is 1. The molecule has 2 aromatic carbocycles. The molecule has 0 saturated carbocycles. The number of hydrogen-bond acceptors (Lipinski definition) is 5. The molecule has 0 radical (unpaired) electrons. The van der Waals surface area contributed by atoms with Gasteiger partial charge in [0, 0.05) is 37.3 Å². The highest BCUT2D eigenvalue weighted by Crippen LogP contribution is 2.31. The summed E-state index contributed by atoms with van der Waals surface area (Å²) in [5, 5.41) is 11.6. The number of carbonyl (C=O) groups is 1. The summed E-state index contributed by atoms with van der Waals surface area (Å²) < 4.78 is 5.54. The number of ether oxygens (including phenoxy) is 1. The summed E-state index contributed by atoms with van der Waals surface area (Å²) in [5.41, 5.74) is 1.62. The first-order valence-corrected chi connectivity index (χ1v) is 8.98. The SMILES string of the molecule is Cc1ccc(OCC(=O)N2CCN(c3ccc(Cl)cc3[N+](=O)[O-])CC2)cc1. The zero-order valence-corrected chi connectivity index (χ0v) is 15.7. The molecule has 0 aromatic heterocycles. The summed E-state index contributed by atoms with van der Waals surface area (Å²) >= 11 is 5.87. The van der Waals surface area contributed by atoms with Crippen molar-refractivity contribution >= 4 is 28.9 Å². The van der Waals surface area contributed by atoms with E-state index in [0.717, 1.165) is 5.56 Å². The fourth-order valence-corrected chi connectivity index (χ4v) is 3.14. The van der Waals surface area contributed by atoms with Crippen LogP contribution in [0.1, 0.15) is 5.56 Å². The molecule has 0 N–H and O–H groups in total. The van der Waals surface area contributed by atoms with Crippen LogP contribution in [0.3, 0.4) is 0 Å². The van der Waals surface area contributed by atoms with Gasteiger partial charge in [-0.2, -0.15) is 0 Å². The second kappa shape index (κ2) is 8.26. The maximum atomic E-state index is 12.4. The van der Waals surface area contributed by atoms with E-state index in [1.807, 2.05) is 36.1 Å². The standard InChI is InChI=1S/C19H20ClN3O4/c1-14-2-5-16(6-3-14)27-13-19(24)22-10-8-21(9-11-22)17-7-4-15(20)12-18(17)23(25)26/h2-7,12H,8-11,13H2,1H3. The van der Waals surface area contributed by atoms with Gasteiger partial charge in [-0.1, -0.05) is 29.3 Å². The second-order valence-corrected chi connectivity index (χ2v) is 6.80. The van der Waals surface area contributed by atoms with Gasteiger partial charge >= 0.3 is 0 Å². The summed E-state index contributed by atoms with van der Waals surface area (Å²) in [4.78, 5) is 26.8.